The van der Waals surface area contributed by atoms with E-state index in [1.54, 1.807) is 36.4 Å². The summed E-state index contributed by atoms with van der Waals surface area (Å²) in [4.78, 5) is 41.5. The number of ether oxygens (including phenoxy) is 2. The number of nitrogens with zero attached hydrogens (tertiary/aromatic N) is 2. The summed E-state index contributed by atoms with van der Waals surface area (Å²) in [6.45, 7) is 0.231. The van der Waals surface area contributed by atoms with E-state index in [0.29, 0.717) is 28.6 Å². The molecule has 1 aromatic heterocycles. The van der Waals surface area contributed by atoms with Gasteiger partial charge in [-0.15, -0.1) is 5.10 Å². The fourth-order valence-corrected chi connectivity index (χ4v) is 3.44. The number of benzene rings is 2. The SMILES string of the molecule is O=C(C[C@@H]1NC(=O)c2ccccc2NC1=O)Nc1n[nH]c([C@@H]2COc3ccccc3O2)n1. The molecule has 0 fully saturated rings. The predicted molar refractivity (Wildman–Crippen MR) is 111 cm³/mol. The summed E-state index contributed by atoms with van der Waals surface area (Å²) in [7, 11) is 0. The van der Waals surface area contributed by atoms with E-state index >= 15 is 0 Å². The van der Waals surface area contributed by atoms with Crippen molar-refractivity contribution in [3.63, 3.8) is 0 Å². The number of carbonyl (C=O) groups excluding carboxylic acids is 3. The Bertz CT molecular complexity index is 1210. The number of amides is 3. The molecule has 2 aliphatic heterocycles. The fraction of sp³-hybridized carbons (Fsp3) is 0.190. The Morgan fingerprint density at radius 1 is 1.09 bits per heavy atom. The molecule has 3 aromatic rings. The van der Waals surface area contributed by atoms with E-state index in [2.05, 4.69) is 31.1 Å². The summed E-state index contributed by atoms with van der Waals surface area (Å²) in [5.74, 6) is 0.173. The maximum atomic E-state index is 12.5. The number of fused-ring (bicyclic) bond motifs is 2. The van der Waals surface area contributed by atoms with Gasteiger partial charge in [0.2, 0.25) is 17.8 Å². The van der Waals surface area contributed by atoms with Gasteiger partial charge in [-0.3, -0.25) is 24.8 Å². The van der Waals surface area contributed by atoms with Crippen molar-refractivity contribution < 1.29 is 23.9 Å². The number of aromatic amines is 1. The summed E-state index contributed by atoms with van der Waals surface area (Å²) < 4.78 is 11.5. The molecular formula is C21H18N6O5. The van der Waals surface area contributed by atoms with E-state index in [4.69, 9.17) is 9.47 Å². The first-order chi connectivity index (χ1) is 15.6. The van der Waals surface area contributed by atoms with Crippen LogP contribution in [0.4, 0.5) is 11.6 Å². The van der Waals surface area contributed by atoms with E-state index in [9.17, 15) is 14.4 Å². The fourth-order valence-electron chi connectivity index (χ4n) is 3.44. The number of rotatable bonds is 4. The standard InChI is InChI=1S/C21H18N6O5/c28-17(9-13-20(30)22-12-6-2-1-5-11(12)19(29)23-13)24-21-25-18(26-27-21)16-10-31-14-7-3-4-8-15(14)32-16/h1-8,13,16H,9-10H2,(H,22,30)(H,23,29)(H2,24,25,26,27,28)/t13-,16-/m0/s1. The number of anilines is 2. The monoisotopic (exact) mass is 434 g/mol. The van der Waals surface area contributed by atoms with Gasteiger partial charge in [0.15, 0.2) is 23.4 Å². The Labute approximate surface area is 181 Å². The largest absolute Gasteiger partial charge is 0.485 e. The van der Waals surface area contributed by atoms with Crippen molar-refractivity contribution in [3.8, 4) is 11.5 Å². The molecule has 0 bridgehead atoms. The second-order valence-corrected chi connectivity index (χ2v) is 7.22. The molecule has 162 valence electrons. The minimum absolute atomic E-state index is 0.0242. The van der Waals surface area contributed by atoms with Crippen LogP contribution in [0.3, 0.4) is 0 Å². The average molecular weight is 434 g/mol. The van der Waals surface area contributed by atoms with Gasteiger partial charge in [-0.2, -0.15) is 4.98 Å². The zero-order valence-corrected chi connectivity index (χ0v) is 16.6. The maximum Gasteiger partial charge on any atom is 0.254 e. The second kappa shape index (κ2) is 8.02. The smallest absolute Gasteiger partial charge is 0.254 e. The maximum absolute atomic E-state index is 12.5. The number of carbonyl (C=O) groups is 3. The molecule has 5 rings (SSSR count). The Kier molecular flexibility index (Phi) is 4.90. The Morgan fingerprint density at radius 3 is 2.75 bits per heavy atom. The van der Waals surface area contributed by atoms with Crippen molar-refractivity contribution in [2.75, 3.05) is 17.2 Å². The van der Waals surface area contributed by atoms with Crippen LogP contribution in [0.15, 0.2) is 48.5 Å². The third-order valence-corrected chi connectivity index (χ3v) is 5.01. The Morgan fingerprint density at radius 2 is 1.88 bits per heavy atom. The number of hydrogen-bond donors (Lipinski definition) is 4. The van der Waals surface area contributed by atoms with Crippen LogP contribution in [0.5, 0.6) is 11.5 Å². The van der Waals surface area contributed by atoms with Crippen molar-refractivity contribution >= 4 is 29.4 Å². The summed E-state index contributed by atoms with van der Waals surface area (Å²) in [5.41, 5.74) is 0.728. The third kappa shape index (κ3) is 3.83. The topological polar surface area (TPSA) is 147 Å². The van der Waals surface area contributed by atoms with Crippen LogP contribution in [0.1, 0.15) is 28.7 Å². The van der Waals surface area contributed by atoms with E-state index < -0.39 is 29.9 Å². The highest BCUT2D eigenvalue weighted by molar-refractivity contribution is 6.11. The van der Waals surface area contributed by atoms with Gasteiger partial charge in [0.05, 0.1) is 17.7 Å². The third-order valence-electron chi connectivity index (χ3n) is 5.01. The quantitative estimate of drug-likeness (QED) is 0.485. The van der Waals surface area contributed by atoms with Gasteiger partial charge in [0.25, 0.3) is 5.91 Å². The van der Waals surface area contributed by atoms with Crippen molar-refractivity contribution in [1.29, 1.82) is 0 Å². The molecule has 2 aromatic carbocycles. The predicted octanol–water partition coefficient (Wildman–Crippen LogP) is 1.40. The summed E-state index contributed by atoms with van der Waals surface area (Å²) in [6, 6.07) is 12.8. The highest BCUT2D eigenvalue weighted by atomic mass is 16.6. The molecule has 3 amide bonds. The number of aromatic nitrogens is 3. The molecule has 4 N–H and O–H groups in total. The second-order valence-electron chi connectivity index (χ2n) is 7.22. The van der Waals surface area contributed by atoms with Crippen LogP contribution < -0.4 is 25.4 Å². The number of H-pyrrole nitrogens is 1. The van der Waals surface area contributed by atoms with Crippen LogP contribution >= 0.6 is 0 Å². The van der Waals surface area contributed by atoms with Crippen LogP contribution in [0.2, 0.25) is 0 Å². The molecule has 11 nitrogen and oxygen atoms in total. The summed E-state index contributed by atoms with van der Waals surface area (Å²) in [5, 5.41) is 14.4. The Balaban J connectivity index is 1.22. The molecule has 0 aliphatic carbocycles. The van der Waals surface area contributed by atoms with Gasteiger partial charge in [-0.25, -0.2) is 0 Å². The van der Waals surface area contributed by atoms with E-state index in [1.165, 1.54) is 0 Å². The molecule has 0 unspecified atom stereocenters. The minimum atomic E-state index is -1.04. The lowest BCUT2D eigenvalue weighted by atomic mass is 10.1. The lowest BCUT2D eigenvalue weighted by Crippen LogP contribution is -2.43. The molecule has 2 atom stereocenters. The van der Waals surface area contributed by atoms with Crippen molar-refractivity contribution in [1.82, 2.24) is 20.5 Å². The molecule has 0 saturated heterocycles. The van der Waals surface area contributed by atoms with Crippen molar-refractivity contribution in [3.05, 3.63) is 59.9 Å². The first-order valence-electron chi connectivity index (χ1n) is 9.88. The van der Waals surface area contributed by atoms with Crippen molar-refractivity contribution in [2.24, 2.45) is 0 Å². The first kappa shape index (κ1) is 19.5. The van der Waals surface area contributed by atoms with Gasteiger partial charge < -0.3 is 20.1 Å². The van der Waals surface area contributed by atoms with Crippen LogP contribution in [-0.4, -0.2) is 45.6 Å². The number of para-hydroxylation sites is 3. The van der Waals surface area contributed by atoms with Gasteiger partial charge >= 0.3 is 0 Å². The Hall–Kier alpha value is -4.41. The van der Waals surface area contributed by atoms with Gasteiger partial charge in [-0.05, 0) is 24.3 Å². The molecule has 32 heavy (non-hydrogen) atoms. The molecule has 11 heteroatoms. The van der Waals surface area contributed by atoms with Gasteiger partial charge in [0.1, 0.15) is 12.6 Å². The molecule has 3 heterocycles. The van der Waals surface area contributed by atoms with Crippen LogP contribution in [0.25, 0.3) is 0 Å². The molecular weight excluding hydrogens is 416 g/mol. The highest BCUT2D eigenvalue weighted by Crippen LogP contribution is 2.35. The number of hydrogen-bond acceptors (Lipinski definition) is 7. The van der Waals surface area contributed by atoms with Gasteiger partial charge in [-0.1, -0.05) is 24.3 Å². The molecule has 0 saturated carbocycles. The lowest BCUT2D eigenvalue weighted by Gasteiger charge is -2.24. The van der Waals surface area contributed by atoms with E-state index in [0.717, 1.165) is 0 Å². The van der Waals surface area contributed by atoms with E-state index in [-0.39, 0.29) is 19.0 Å². The molecule has 2 aliphatic rings. The van der Waals surface area contributed by atoms with Gasteiger partial charge in [0, 0.05) is 0 Å². The van der Waals surface area contributed by atoms with Crippen LogP contribution in [-0.2, 0) is 9.59 Å². The zero-order chi connectivity index (χ0) is 22.1. The summed E-state index contributed by atoms with van der Waals surface area (Å²) in [6.07, 6.45) is -0.806. The number of nitrogens with one attached hydrogen (secondary N) is 4. The zero-order valence-electron chi connectivity index (χ0n) is 16.6. The van der Waals surface area contributed by atoms with E-state index in [1.807, 2.05) is 12.1 Å². The summed E-state index contributed by atoms with van der Waals surface area (Å²) >= 11 is 0. The molecule has 0 radical (unpaired) electrons. The minimum Gasteiger partial charge on any atom is -0.485 e. The molecule has 0 spiro atoms. The normalized spacial score (nSPS) is 19.2. The average Bonchev–Trinajstić information content (AvgIpc) is 3.22. The van der Waals surface area contributed by atoms with Crippen molar-refractivity contribution in [2.45, 2.75) is 18.6 Å². The lowest BCUT2D eigenvalue weighted by molar-refractivity contribution is -0.122. The van der Waals surface area contributed by atoms with Crippen LogP contribution in [0, 0.1) is 0 Å². The highest BCUT2D eigenvalue weighted by Gasteiger charge is 2.30. The first-order valence-corrected chi connectivity index (χ1v) is 9.88.